The molecule has 0 aromatic rings. The number of aliphatic hydroxyl groups excluding tert-OH is 4. The number of ether oxygens (including phenoxy) is 2. The molecule has 2 rings (SSSR count). The molecule has 0 unspecified atom stereocenters. The van der Waals surface area contributed by atoms with Gasteiger partial charge in [-0.3, -0.25) is 4.79 Å². The normalized spacial score (nSPS) is 42.6. The molecule has 0 spiro atoms. The highest BCUT2D eigenvalue weighted by Crippen LogP contribution is 2.31. The van der Waals surface area contributed by atoms with E-state index in [1.54, 1.807) is 6.92 Å². The third kappa shape index (κ3) is 4.10. The van der Waals surface area contributed by atoms with Crippen molar-refractivity contribution < 1.29 is 34.7 Å². The number of allylic oxidation sites excluding steroid dienone is 1. The molecule has 23 heavy (non-hydrogen) atoms. The Morgan fingerprint density at radius 1 is 1.26 bits per heavy atom. The zero-order chi connectivity index (χ0) is 17.1. The van der Waals surface area contributed by atoms with Crippen LogP contribution in [0.1, 0.15) is 33.1 Å². The fourth-order valence-corrected chi connectivity index (χ4v) is 3.12. The molecule has 132 valence electrons. The SMILES string of the molecule is CC(=CO[C@@H]1O[C@H](CO)[C@@H](O)[C@H](O)[C@H]1O)[C@@H]1CC[C@@H](C)CC1=O. The Morgan fingerprint density at radius 3 is 2.57 bits per heavy atom. The Morgan fingerprint density at radius 2 is 1.96 bits per heavy atom. The number of Topliss-reactive ketones (excluding diaryl/α,β-unsaturated/α-hetero) is 1. The number of rotatable bonds is 4. The van der Waals surface area contributed by atoms with Gasteiger partial charge in [0.1, 0.15) is 30.2 Å². The van der Waals surface area contributed by atoms with Crippen molar-refractivity contribution in [2.24, 2.45) is 11.8 Å². The first-order valence-electron chi connectivity index (χ1n) is 8.00. The summed E-state index contributed by atoms with van der Waals surface area (Å²) in [5.74, 6) is 0.379. The Balaban J connectivity index is 1.99. The van der Waals surface area contributed by atoms with E-state index in [0.717, 1.165) is 18.4 Å². The van der Waals surface area contributed by atoms with Gasteiger partial charge in [0.15, 0.2) is 0 Å². The van der Waals surface area contributed by atoms with Crippen molar-refractivity contribution in [3.05, 3.63) is 11.8 Å². The molecule has 1 aliphatic heterocycles. The van der Waals surface area contributed by atoms with Gasteiger partial charge in [0.05, 0.1) is 12.9 Å². The molecule has 0 amide bonds. The molecule has 7 heteroatoms. The van der Waals surface area contributed by atoms with Gasteiger partial charge in [-0.05, 0) is 31.3 Å². The van der Waals surface area contributed by atoms with Gasteiger partial charge in [0.2, 0.25) is 6.29 Å². The van der Waals surface area contributed by atoms with Crippen molar-refractivity contribution in [1.82, 2.24) is 0 Å². The summed E-state index contributed by atoms with van der Waals surface area (Å²) in [7, 11) is 0. The third-order valence-corrected chi connectivity index (χ3v) is 4.67. The van der Waals surface area contributed by atoms with Crippen molar-refractivity contribution in [1.29, 1.82) is 0 Å². The molecule has 1 saturated carbocycles. The monoisotopic (exact) mass is 330 g/mol. The average molecular weight is 330 g/mol. The van der Waals surface area contributed by atoms with Gasteiger partial charge in [-0.25, -0.2) is 0 Å². The summed E-state index contributed by atoms with van der Waals surface area (Å²) in [5, 5.41) is 38.4. The molecule has 2 aliphatic rings. The van der Waals surface area contributed by atoms with Crippen LogP contribution in [0.5, 0.6) is 0 Å². The number of carbonyl (C=O) groups is 1. The lowest BCUT2D eigenvalue weighted by atomic mass is 9.79. The average Bonchev–Trinajstić information content (AvgIpc) is 2.51. The zero-order valence-corrected chi connectivity index (χ0v) is 13.5. The molecule has 0 radical (unpaired) electrons. The second kappa shape index (κ2) is 7.72. The van der Waals surface area contributed by atoms with E-state index in [2.05, 4.69) is 6.92 Å². The molecule has 1 saturated heterocycles. The minimum absolute atomic E-state index is 0.176. The lowest BCUT2D eigenvalue weighted by Crippen LogP contribution is -2.58. The van der Waals surface area contributed by atoms with Crippen molar-refractivity contribution in [2.75, 3.05) is 6.61 Å². The van der Waals surface area contributed by atoms with Gasteiger partial charge in [-0.2, -0.15) is 0 Å². The van der Waals surface area contributed by atoms with Crippen LogP contribution in [0.3, 0.4) is 0 Å². The Kier molecular flexibility index (Phi) is 6.16. The van der Waals surface area contributed by atoms with Gasteiger partial charge >= 0.3 is 0 Å². The standard InChI is InChI=1S/C16H26O7/c1-8-3-4-10(11(18)5-8)9(2)7-22-16-15(21)14(20)13(19)12(6-17)23-16/h7-8,10,12-17,19-21H,3-6H2,1-2H3/t8-,10+,12-,13-,14+,15-,16-/m1/s1. The summed E-state index contributed by atoms with van der Waals surface area (Å²) in [6.07, 6.45) is -2.90. The Bertz CT molecular complexity index is 448. The maximum absolute atomic E-state index is 12.1. The highest BCUT2D eigenvalue weighted by molar-refractivity contribution is 5.84. The maximum Gasteiger partial charge on any atom is 0.228 e. The molecule has 1 aliphatic carbocycles. The van der Waals surface area contributed by atoms with Crippen LogP contribution in [0, 0.1) is 11.8 Å². The van der Waals surface area contributed by atoms with Crippen LogP contribution in [0.25, 0.3) is 0 Å². The molecule has 2 fully saturated rings. The molecule has 7 nitrogen and oxygen atoms in total. The van der Waals surface area contributed by atoms with E-state index in [1.165, 1.54) is 6.26 Å². The van der Waals surface area contributed by atoms with E-state index < -0.39 is 37.3 Å². The second-order valence-corrected chi connectivity index (χ2v) is 6.60. The van der Waals surface area contributed by atoms with E-state index in [9.17, 15) is 20.1 Å². The van der Waals surface area contributed by atoms with E-state index in [0.29, 0.717) is 12.3 Å². The van der Waals surface area contributed by atoms with Crippen LogP contribution >= 0.6 is 0 Å². The summed E-state index contributed by atoms with van der Waals surface area (Å²) in [4.78, 5) is 12.1. The Labute approximate surface area is 135 Å². The molecular weight excluding hydrogens is 304 g/mol. The van der Waals surface area contributed by atoms with E-state index in [-0.39, 0.29) is 11.7 Å². The first-order valence-corrected chi connectivity index (χ1v) is 8.00. The predicted octanol–water partition coefficient (Wildman–Crippen LogP) is -0.288. The van der Waals surface area contributed by atoms with E-state index in [4.69, 9.17) is 14.6 Å². The molecular formula is C16H26O7. The van der Waals surface area contributed by atoms with Crippen LogP contribution in [0.4, 0.5) is 0 Å². The van der Waals surface area contributed by atoms with Gasteiger partial charge < -0.3 is 29.9 Å². The summed E-state index contributed by atoms with van der Waals surface area (Å²) >= 11 is 0. The van der Waals surface area contributed by atoms with Crippen molar-refractivity contribution in [3.8, 4) is 0 Å². The van der Waals surface area contributed by atoms with Gasteiger partial charge in [0.25, 0.3) is 0 Å². The van der Waals surface area contributed by atoms with Gasteiger partial charge in [-0.1, -0.05) is 6.92 Å². The van der Waals surface area contributed by atoms with Gasteiger partial charge in [0, 0.05) is 12.3 Å². The van der Waals surface area contributed by atoms with Crippen molar-refractivity contribution in [3.63, 3.8) is 0 Å². The largest absolute Gasteiger partial charge is 0.470 e. The maximum atomic E-state index is 12.1. The Hall–Kier alpha value is -0.990. The van der Waals surface area contributed by atoms with Crippen molar-refractivity contribution in [2.45, 2.75) is 63.8 Å². The lowest BCUT2D eigenvalue weighted by molar-refractivity contribution is -0.288. The smallest absolute Gasteiger partial charge is 0.228 e. The van der Waals surface area contributed by atoms with Crippen LogP contribution in [0.2, 0.25) is 0 Å². The fourth-order valence-electron chi connectivity index (χ4n) is 3.12. The lowest BCUT2D eigenvalue weighted by Gasteiger charge is -2.39. The van der Waals surface area contributed by atoms with E-state index >= 15 is 0 Å². The topological polar surface area (TPSA) is 116 Å². The molecule has 0 aromatic heterocycles. The molecule has 7 atom stereocenters. The molecule has 4 N–H and O–H groups in total. The second-order valence-electron chi connectivity index (χ2n) is 6.60. The number of hydrogen-bond acceptors (Lipinski definition) is 7. The highest BCUT2D eigenvalue weighted by Gasteiger charge is 2.44. The first kappa shape index (κ1) is 18.4. The number of aliphatic hydroxyl groups is 4. The van der Waals surface area contributed by atoms with Crippen LogP contribution in [0.15, 0.2) is 11.8 Å². The molecule has 1 heterocycles. The predicted molar refractivity (Wildman–Crippen MR) is 80.1 cm³/mol. The summed E-state index contributed by atoms with van der Waals surface area (Å²) < 4.78 is 10.6. The van der Waals surface area contributed by atoms with E-state index in [1.807, 2.05) is 0 Å². The number of carbonyl (C=O) groups excluding carboxylic acids is 1. The molecule has 0 aromatic carbocycles. The molecule has 0 bridgehead atoms. The zero-order valence-electron chi connectivity index (χ0n) is 13.5. The summed E-state index contributed by atoms with van der Waals surface area (Å²) in [6.45, 7) is 3.33. The third-order valence-electron chi connectivity index (χ3n) is 4.67. The minimum Gasteiger partial charge on any atom is -0.470 e. The summed E-state index contributed by atoms with van der Waals surface area (Å²) in [5.41, 5.74) is 0.735. The summed E-state index contributed by atoms with van der Waals surface area (Å²) in [6, 6.07) is 0. The minimum atomic E-state index is -1.48. The number of hydrogen-bond donors (Lipinski definition) is 4. The van der Waals surface area contributed by atoms with Crippen LogP contribution in [-0.2, 0) is 14.3 Å². The first-order chi connectivity index (χ1) is 10.8. The van der Waals surface area contributed by atoms with Crippen molar-refractivity contribution >= 4 is 5.78 Å². The van der Waals surface area contributed by atoms with Crippen LogP contribution in [-0.4, -0.2) is 63.5 Å². The quantitative estimate of drug-likeness (QED) is 0.523. The highest BCUT2D eigenvalue weighted by atomic mass is 16.7. The number of ketones is 1. The fraction of sp³-hybridized carbons (Fsp3) is 0.812. The van der Waals surface area contributed by atoms with Gasteiger partial charge in [-0.15, -0.1) is 0 Å². The van der Waals surface area contributed by atoms with Crippen LogP contribution < -0.4 is 0 Å².